The Morgan fingerprint density at radius 2 is 2.25 bits per heavy atom. The van der Waals surface area contributed by atoms with Crippen molar-refractivity contribution in [2.75, 3.05) is 6.61 Å². The lowest BCUT2D eigenvalue weighted by atomic mass is 9.98. The number of ketones is 1. The molecule has 0 aliphatic carbocycles. The number of ether oxygens (including phenoxy) is 1. The maximum absolute atomic E-state index is 13.7. The summed E-state index contributed by atoms with van der Waals surface area (Å²) in [5, 5.41) is 0. The Balaban J connectivity index is 2.39. The summed E-state index contributed by atoms with van der Waals surface area (Å²) in [5.41, 5.74) is 1.41. The molecular weight excluding hydrogens is 275 g/mol. The van der Waals surface area contributed by atoms with E-state index in [1.165, 1.54) is 6.07 Å². The van der Waals surface area contributed by atoms with Gasteiger partial charge in [0.15, 0.2) is 0 Å². The van der Waals surface area contributed by atoms with E-state index in [1.807, 2.05) is 6.92 Å². The highest BCUT2D eigenvalue weighted by Crippen LogP contribution is 2.35. The molecule has 4 heteroatoms. The maximum Gasteiger partial charge on any atom is 0.138 e. The number of Topliss-reactive ketones (excluding diaryl/α,β-unsaturated/α-hetero) is 1. The van der Waals surface area contributed by atoms with Crippen molar-refractivity contribution in [1.29, 1.82) is 0 Å². The average molecular weight is 287 g/mol. The summed E-state index contributed by atoms with van der Waals surface area (Å²) in [5.74, 6) is -0.193. The zero-order chi connectivity index (χ0) is 11.7. The van der Waals surface area contributed by atoms with Gasteiger partial charge in [0.2, 0.25) is 0 Å². The standard InChI is InChI=1S/C12H12BrFO2/c1-7-2-3-9(14)11(12(7)13)10-6-8(15)4-5-16-10/h2-3,10H,4-6H2,1H3. The summed E-state index contributed by atoms with van der Waals surface area (Å²) in [6.07, 6.45) is 0.246. The zero-order valence-corrected chi connectivity index (χ0v) is 10.5. The van der Waals surface area contributed by atoms with Gasteiger partial charge in [-0.25, -0.2) is 4.39 Å². The molecule has 0 saturated carbocycles. The third-order valence-electron chi connectivity index (χ3n) is 2.75. The van der Waals surface area contributed by atoms with E-state index in [-0.39, 0.29) is 18.0 Å². The molecule has 0 amide bonds. The van der Waals surface area contributed by atoms with Gasteiger partial charge in [0.05, 0.1) is 12.7 Å². The molecule has 1 aliphatic heterocycles. The van der Waals surface area contributed by atoms with Gasteiger partial charge in [-0.15, -0.1) is 0 Å². The first-order chi connectivity index (χ1) is 7.59. The van der Waals surface area contributed by atoms with Crippen molar-refractivity contribution in [2.24, 2.45) is 0 Å². The Morgan fingerprint density at radius 3 is 2.94 bits per heavy atom. The van der Waals surface area contributed by atoms with Crippen LogP contribution in [0.1, 0.15) is 30.1 Å². The average Bonchev–Trinajstić information content (AvgIpc) is 2.24. The lowest BCUT2D eigenvalue weighted by Gasteiger charge is -2.24. The van der Waals surface area contributed by atoms with Crippen molar-refractivity contribution in [3.63, 3.8) is 0 Å². The van der Waals surface area contributed by atoms with Gasteiger partial charge in [0.25, 0.3) is 0 Å². The third kappa shape index (κ3) is 2.18. The van der Waals surface area contributed by atoms with Crippen molar-refractivity contribution in [2.45, 2.75) is 25.9 Å². The lowest BCUT2D eigenvalue weighted by Crippen LogP contribution is -2.20. The minimum Gasteiger partial charge on any atom is -0.372 e. The van der Waals surface area contributed by atoms with E-state index in [2.05, 4.69) is 15.9 Å². The number of carbonyl (C=O) groups is 1. The van der Waals surface area contributed by atoms with Crippen LogP contribution in [0.4, 0.5) is 4.39 Å². The highest BCUT2D eigenvalue weighted by Gasteiger charge is 2.26. The Morgan fingerprint density at radius 1 is 1.50 bits per heavy atom. The number of halogens is 2. The van der Waals surface area contributed by atoms with Crippen molar-refractivity contribution in [3.8, 4) is 0 Å². The lowest BCUT2D eigenvalue weighted by molar-refractivity contribution is -0.128. The van der Waals surface area contributed by atoms with Crippen LogP contribution in [0.2, 0.25) is 0 Å². The Hall–Kier alpha value is -0.740. The van der Waals surface area contributed by atoms with E-state index in [0.717, 1.165) is 5.56 Å². The van der Waals surface area contributed by atoms with Crippen molar-refractivity contribution in [3.05, 3.63) is 33.5 Å². The van der Waals surface area contributed by atoms with Crippen LogP contribution in [0, 0.1) is 12.7 Å². The first-order valence-electron chi connectivity index (χ1n) is 5.17. The fraction of sp³-hybridized carbons (Fsp3) is 0.417. The number of aryl methyl sites for hydroxylation is 1. The molecule has 1 heterocycles. The monoisotopic (exact) mass is 286 g/mol. The fourth-order valence-electron chi connectivity index (χ4n) is 1.84. The molecule has 1 aromatic rings. The molecule has 1 aliphatic rings. The molecule has 1 atom stereocenters. The second-order valence-electron chi connectivity index (χ2n) is 3.94. The predicted molar refractivity (Wildman–Crippen MR) is 61.8 cm³/mol. The summed E-state index contributed by atoms with van der Waals surface area (Å²) >= 11 is 3.36. The van der Waals surface area contributed by atoms with E-state index in [0.29, 0.717) is 23.1 Å². The minimum absolute atomic E-state index is 0.129. The molecule has 1 aromatic carbocycles. The molecule has 86 valence electrons. The highest BCUT2D eigenvalue weighted by atomic mass is 79.9. The van der Waals surface area contributed by atoms with Gasteiger partial charge in [0.1, 0.15) is 11.6 Å². The van der Waals surface area contributed by atoms with Gasteiger partial charge in [-0.2, -0.15) is 0 Å². The van der Waals surface area contributed by atoms with E-state index in [1.54, 1.807) is 6.07 Å². The van der Waals surface area contributed by atoms with Crippen LogP contribution in [-0.2, 0) is 9.53 Å². The van der Waals surface area contributed by atoms with Crippen LogP contribution < -0.4 is 0 Å². The van der Waals surface area contributed by atoms with Crippen LogP contribution >= 0.6 is 15.9 Å². The molecule has 0 N–H and O–H groups in total. The number of hydrogen-bond donors (Lipinski definition) is 0. The van der Waals surface area contributed by atoms with Gasteiger partial charge in [-0.05, 0) is 18.6 Å². The molecule has 16 heavy (non-hydrogen) atoms. The molecule has 0 aromatic heterocycles. The van der Waals surface area contributed by atoms with E-state index >= 15 is 0 Å². The fourth-order valence-corrected chi connectivity index (χ4v) is 2.42. The smallest absolute Gasteiger partial charge is 0.138 e. The van der Waals surface area contributed by atoms with Gasteiger partial charge in [0, 0.05) is 22.9 Å². The minimum atomic E-state index is -0.449. The van der Waals surface area contributed by atoms with Gasteiger partial charge < -0.3 is 4.74 Å². The summed E-state index contributed by atoms with van der Waals surface area (Å²) < 4.78 is 19.9. The second-order valence-corrected chi connectivity index (χ2v) is 4.74. The molecule has 1 unspecified atom stereocenters. The summed E-state index contributed by atoms with van der Waals surface area (Å²) in [7, 11) is 0. The van der Waals surface area contributed by atoms with E-state index < -0.39 is 6.10 Å². The normalized spacial score (nSPS) is 21.2. The van der Waals surface area contributed by atoms with Crippen LogP contribution in [0.25, 0.3) is 0 Å². The summed E-state index contributed by atoms with van der Waals surface area (Å²) in [6.45, 7) is 2.26. The van der Waals surface area contributed by atoms with Gasteiger partial charge in [-0.1, -0.05) is 22.0 Å². The van der Waals surface area contributed by atoms with Crippen molar-refractivity contribution < 1.29 is 13.9 Å². The van der Waals surface area contributed by atoms with Crippen molar-refractivity contribution in [1.82, 2.24) is 0 Å². The number of rotatable bonds is 1. The summed E-state index contributed by atoms with van der Waals surface area (Å²) in [6, 6.07) is 3.12. The predicted octanol–water partition coefficient (Wildman–Crippen LogP) is 3.32. The molecule has 0 bridgehead atoms. The quantitative estimate of drug-likeness (QED) is 0.792. The van der Waals surface area contributed by atoms with Crippen molar-refractivity contribution >= 4 is 21.7 Å². The molecule has 2 rings (SSSR count). The molecule has 0 spiro atoms. The number of hydrogen-bond acceptors (Lipinski definition) is 2. The summed E-state index contributed by atoms with van der Waals surface area (Å²) in [4.78, 5) is 11.3. The van der Waals surface area contributed by atoms with Gasteiger partial charge in [-0.3, -0.25) is 4.79 Å². The first kappa shape index (κ1) is 11.7. The third-order valence-corrected chi connectivity index (χ3v) is 3.81. The Kier molecular flexibility index (Phi) is 3.40. The molecular formula is C12H12BrFO2. The Bertz CT molecular complexity index is 431. The van der Waals surface area contributed by atoms with Crippen LogP contribution in [0.5, 0.6) is 0 Å². The first-order valence-corrected chi connectivity index (χ1v) is 5.96. The van der Waals surface area contributed by atoms with E-state index in [4.69, 9.17) is 4.74 Å². The number of benzene rings is 1. The van der Waals surface area contributed by atoms with Crippen LogP contribution in [0.3, 0.4) is 0 Å². The van der Waals surface area contributed by atoms with Crippen LogP contribution in [-0.4, -0.2) is 12.4 Å². The molecule has 0 radical (unpaired) electrons. The highest BCUT2D eigenvalue weighted by molar-refractivity contribution is 9.10. The molecule has 2 nitrogen and oxygen atoms in total. The van der Waals surface area contributed by atoms with Crippen LogP contribution in [0.15, 0.2) is 16.6 Å². The second kappa shape index (κ2) is 4.63. The largest absolute Gasteiger partial charge is 0.372 e. The topological polar surface area (TPSA) is 26.3 Å². The molecule has 1 saturated heterocycles. The number of carbonyl (C=O) groups excluding carboxylic acids is 1. The Labute approximate surface area is 102 Å². The van der Waals surface area contributed by atoms with E-state index in [9.17, 15) is 9.18 Å². The molecule has 1 fully saturated rings. The SMILES string of the molecule is Cc1ccc(F)c(C2CC(=O)CCO2)c1Br. The zero-order valence-electron chi connectivity index (χ0n) is 8.93. The maximum atomic E-state index is 13.7. The van der Waals surface area contributed by atoms with Gasteiger partial charge >= 0.3 is 0 Å².